The van der Waals surface area contributed by atoms with Gasteiger partial charge in [-0.3, -0.25) is 0 Å². The maximum absolute atomic E-state index is 12.7. The largest absolute Gasteiger partial charge is 0.465 e. The van der Waals surface area contributed by atoms with E-state index in [1.165, 1.54) is 25.7 Å². The highest BCUT2D eigenvalue weighted by Crippen LogP contribution is 2.27. The number of esters is 1. The Kier molecular flexibility index (Phi) is 8.15. The Bertz CT molecular complexity index is 645. The summed E-state index contributed by atoms with van der Waals surface area (Å²) in [4.78, 5) is 11.7. The number of nitrogens with one attached hydrogen (secondary N) is 1. The maximum atomic E-state index is 12.7. The summed E-state index contributed by atoms with van der Waals surface area (Å²) in [6.45, 7) is 0.240. The highest BCUT2D eigenvalue weighted by atomic mass is 35.5. The van der Waals surface area contributed by atoms with E-state index in [1.807, 2.05) is 0 Å². The van der Waals surface area contributed by atoms with Gasteiger partial charge < -0.3 is 10.5 Å². The molecule has 1 aromatic carbocycles. The van der Waals surface area contributed by atoms with Gasteiger partial charge in [0.05, 0.1) is 17.6 Å². The summed E-state index contributed by atoms with van der Waals surface area (Å²) in [5.74, 6) is -0.429. The first kappa shape index (κ1) is 20.9. The summed E-state index contributed by atoms with van der Waals surface area (Å²) in [5, 5.41) is 0. The van der Waals surface area contributed by atoms with E-state index in [-0.39, 0.29) is 41.4 Å². The molecule has 0 saturated heterocycles. The topological polar surface area (TPSA) is 98.5 Å². The fourth-order valence-electron chi connectivity index (χ4n) is 3.12. The number of halogens is 1. The second kappa shape index (κ2) is 9.36. The van der Waals surface area contributed by atoms with Crippen molar-refractivity contribution in [2.75, 3.05) is 13.7 Å². The number of nitrogens with two attached hydrogens (primary N) is 1. The average molecular weight is 377 g/mol. The molecule has 6 nitrogen and oxygen atoms in total. The lowest BCUT2D eigenvalue weighted by atomic mass is 9.84. The van der Waals surface area contributed by atoms with Crippen molar-refractivity contribution in [2.45, 2.75) is 43.0 Å². The van der Waals surface area contributed by atoms with Crippen LogP contribution in [0.1, 0.15) is 42.5 Å². The number of carbonyl (C=O) groups excluding carboxylic acids is 1. The van der Waals surface area contributed by atoms with Crippen LogP contribution in [0.3, 0.4) is 0 Å². The normalized spacial score (nSPS) is 16.9. The molecule has 0 aromatic heterocycles. The molecule has 3 N–H and O–H groups in total. The molecule has 8 heteroatoms. The summed E-state index contributed by atoms with van der Waals surface area (Å²) < 4.78 is 32.8. The zero-order valence-electron chi connectivity index (χ0n) is 13.7. The van der Waals surface area contributed by atoms with Crippen LogP contribution in [-0.2, 0) is 14.8 Å². The van der Waals surface area contributed by atoms with E-state index in [2.05, 4.69) is 9.46 Å². The highest BCUT2D eigenvalue weighted by Gasteiger charge is 2.29. The predicted octanol–water partition coefficient (Wildman–Crippen LogP) is 2.08. The van der Waals surface area contributed by atoms with Crippen molar-refractivity contribution in [3.05, 3.63) is 29.8 Å². The standard InChI is InChI=1S/C16H24N2O4S.ClH/c1-22-16(19)13-9-5-6-10-15(13)23(20,21)18-14(11-17)12-7-3-2-4-8-12;/h5-6,9-10,12,14,18H,2-4,7-8,11,17H2,1H3;1H. The van der Waals surface area contributed by atoms with Crippen molar-refractivity contribution in [1.82, 2.24) is 4.72 Å². The minimum absolute atomic E-state index is 0. The van der Waals surface area contributed by atoms with Gasteiger partial charge in [0.25, 0.3) is 0 Å². The van der Waals surface area contributed by atoms with Crippen LogP contribution < -0.4 is 10.5 Å². The smallest absolute Gasteiger partial charge is 0.339 e. The van der Waals surface area contributed by atoms with Crippen molar-refractivity contribution in [3.63, 3.8) is 0 Å². The van der Waals surface area contributed by atoms with Crippen LogP contribution in [0, 0.1) is 5.92 Å². The molecule has 0 bridgehead atoms. The first-order valence-electron chi connectivity index (χ1n) is 7.89. The van der Waals surface area contributed by atoms with Crippen LogP contribution in [0.2, 0.25) is 0 Å². The minimum atomic E-state index is -3.84. The number of carbonyl (C=O) groups is 1. The minimum Gasteiger partial charge on any atom is -0.465 e. The number of hydrogen-bond acceptors (Lipinski definition) is 5. The number of hydrogen-bond donors (Lipinski definition) is 2. The molecule has 1 fully saturated rings. The second-order valence-corrected chi connectivity index (χ2v) is 7.53. The van der Waals surface area contributed by atoms with Gasteiger partial charge in [-0.2, -0.15) is 0 Å². The quantitative estimate of drug-likeness (QED) is 0.740. The maximum Gasteiger partial charge on any atom is 0.339 e. The molecule has 1 atom stereocenters. The van der Waals surface area contributed by atoms with Gasteiger partial charge in [0.1, 0.15) is 0 Å². The van der Waals surface area contributed by atoms with Gasteiger partial charge in [-0.25, -0.2) is 17.9 Å². The van der Waals surface area contributed by atoms with Crippen LogP contribution >= 0.6 is 12.4 Å². The Hall–Kier alpha value is -1.15. The number of ether oxygens (including phenoxy) is 1. The molecule has 0 aliphatic heterocycles. The molecule has 0 radical (unpaired) electrons. The third-order valence-corrected chi connectivity index (χ3v) is 5.91. The number of methoxy groups -OCH3 is 1. The van der Waals surface area contributed by atoms with Crippen LogP contribution in [0.25, 0.3) is 0 Å². The van der Waals surface area contributed by atoms with E-state index in [9.17, 15) is 13.2 Å². The number of sulfonamides is 1. The lowest BCUT2D eigenvalue weighted by Gasteiger charge is -2.30. The Labute approximate surface area is 149 Å². The Morgan fingerprint density at radius 1 is 1.29 bits per heavy atom. The van der Waals surface area contributed by atoms with Gasteiger partial charge >= 0.3 is 5.97 Å². The number of benzene rings is 1. The molecular weight excluding hydrogens is 352 g/mol. The van der Waals surface area contributed by atoms with Gasteiger partial charge in [0, 0.05) is 12.6 Å². The van der Waals surface area contributed by atoms with Crippen molar-refractivity contribution >= 4 is 28.4 Å². The van der Waals surface area contributed by atoms with E-state index in [4.69, 9.17) is 5.73 Å². The van der Waals surface area contributed by atoms with E-state index in [0.717, 1.165) is 25.7 Å². The summed E-state index contributed by atoms with van der Waals surface area (Å²) >= 11 is 0. The summed E-state index contributed by atoms with van der Waals surface area (Å²) in [6, 6.07) is 5.72. The van der Waals surface area contributed by atoms with E-state index < -0.39 is 16.0 Å². The molecule has 2 rings (SSSR count). The lowest BCUT2D eigenvalue weighted by molar-refractivity contribution is 0.0596. The summed E-state index contributed by atoms with van der Waals surface area (Å²) in [6.07, 6.45) is 5.33. The molecule has 1 aromatic rings. The molecule has 1 saturated carbocycles. The fraction of sp³-hybridized carbons (Fsp3) is 0.562. The van der Waals surface area contributed by atoms with E-state index >= 15 is 0 Å². The van der Waals surface area contributed by atoms with Crippen molar-refractivity contribution in [1.29, 1.82) is 0 Å². The summed E-state index contributed by atoms with van der Waals surface area (Å²) in [5.41, 5.74) is 5.82. The Morgan fingerprint density at radius 3 is 2.50 bits per heavy atom. The first-order valence-corrected chi connectivity index (χ1v) is 9.37. The van der Waals surface area contributed by atoms with Gasteiger partial charge in [0.2, 0.25) is 10.0 Å². The monoisotopic (exact) mass is 376 g/mol. The molecule has 0 amide bonds. The zero-order chi connectivity index (χ0) is 16.9. The number of rotatable bonds is 6. The van der Waals surface area contributed by atoms with Gasteiger partial charge in [0.15, 0.2) is 0 Å². The molecule has 24 heavy (non-hydrogen) atoms. The molecule has 1 unspecified atom stereocenters. The molecular formula is C16H25ClN2O4S. The fourth-order valence-corrected chi connectivity index (χ4v) is 4.63. The molecule has 0 spiro atoms. The van der Waals surface area contributed by atoms with Crippen LogP contribution in [0.5, 0.6) is 0 Å². The third kappa shape index (κ3) is 4.92. The van der Waals surface area contributed by atoms with Crippen molar-refractivity contribution < 1.29 is 17.9 Å². The van der Waals surface area contributed by atoms with Crippen molar-refractivity contribution in [2.24, 2.45) is 11.7 Å². The first-order chi connectivity index (χ1) is 11.0. The van der Waals surface area contributed by atoms with Crippen LogP contribution in [-0.4, -0.2) is 34.1 Å². The Morgan fingerprint density at radius 2 is 1.92 bits per heavy atom. The molecule has 1 aliphatic carbocycles. The van der Waals surface area contributed by atoms with E-state index in [0.29, 0.717) is 0 Å². The second-order valence-electron chi connectivity index (χ2n) is 5.85. The van der Waals surface area contributed by atoms with Crippen LogP contribution in [0.4, 0.5) is 0 Å². The zero-order valence-corrected chi connectivity index (χ0v) is 15.4. The SMILES string of the molecule is COC(=O)c1ccccc1S(=O)(=O)NC(CN)C1CCCCC1.Cl. The van der Waals surface area contributed by atoms with Crippen molar-refractivity contribution in [3.8, 4) is 0 Å². The lowest BCUT2D eigenvalue weighted by Crippen LogP contribution is -2.46. The van der Waals surface area contributed by atoms with Gasteiger partial charge in [-0.1, -0.05) is 31.4 Å². The third-order valence-electron chi connectivity index (χ3n) is 4.36. The van der Waals surface area contributed by atoms with E-state index in [1.54, 1.807) is 12.1 Å². The van der Waals surface area contributed by atoms with Crippen LogP contribution in [0.15, 0.2) is 29.2 Å². The predicted molar refractivity (Wildman–Crippen MR) is 94.8 cm³/mol. The summed E-state index contributed by atoms with van der Waals surface area (Å²) in [7, 11) is -2.61. The average Bonchev–Trinajstić information content (AvgIpc) is 2.59. The van der Waals surface area contributed by atoms with Gasteiger partial charge in [-0.15, -0.1) is 12.4 Å². The van der Waals surface area contributed by atoms with Gasteiger partial charge in [-0.05, 0) is 30.9 Å². The molecule has 1 aliphatic rings. The molecule has 136 valence electrons. The highest BCUT2D eigenvalue weighted by molar-refractivity contribution is 7.89. The molecule has 0 heterocycles. The Balaban J connectivity index is 0.00000288.